The molecule has 0 bridgehead atoms. The van der Waals surface area contributed by atoms with E-state index in [4.69, 9.17) is 4.74 Å². The Kier molecular flexibility index (Phi) is 4.31. The number of pyridine rings is 2. The fourth-order valence-corrected chi connectivity index (χ4v) is 3.11. The standard InChI is InChI=1S/C20H17FN4O/c1-26-19-12-16(21)4-2-15(19)3-5-17-6-7-18(14-8-10-22-11-9-14)20-24-23-13-25(17)20/h2,4,6-13H,3,5H2,1H3. The molecule has 6 heteroatoms. The number of aryl methyl sites for hydroxylation is 2. The quantitative estimate of drug-likeness (QED) is 0.551. The molecule has 0 aliphatic rings. The molecule has 0 spiro atoms. The number of aromatic nitrogens is 4. The van der Waals surface area contributed by atoms with E-state index in [-0.39, 0.29) is 5.82 Å². The van der Waals surface area contributed by atoms with Crippen LogP contribution < -0.4 is 4.74 Å². The molecule has 0 amide bonds. The fraction of sp³-hybridized carbons (Fsp3) is 0.150. The number of hydrogen-bond acceptors (Lipinski definition) is 4. The van der Waals surface area contributed by atoms with Gasteiger partial charge in [0.1, 0.15) is 17.9 Å². The highest BCUT2D eigenvalue weighted by atomic mass is 19.1. The predicted molar refractivity (Wildman–Crippen MR) is 96.6 cm³/mol. The van der Waals surface area contributed by atoms with Crippen molar-refractivity contribution in [3.05, 3.63) is 78.3 Å². The summed E-state index contributed by atoms with van der Waals surface area (Å²) in [4.78, 5) is 4.06. The van der Waals surface area contributed by atoms with Crippen LogP contribution in [-0.4, -0.2) is 26.7 Å². The summed E-state index contributed by atoms with van der Waals surface area (Å²) in [5, 5.41) is 8.35. The summed E-state index contributed by atoms with van der Waals surface area (Å²) < 4.78 is 20.6. The van der Waals surface area contributed by atoms with Crippen LogP contribution in [0.2, 0.25) is 0 Å². The smallest absolute Gasteiger partial charge is 0.168 e. The van der Waals surface area contributed by atoms with Crippen molar-refractivity contribution in [1.29, 1.82) is 0 Å². The van der Waals surface area contributed by atoms with Crippen LogP contribution in [0, 0.1) is 5.82 Å². The SMILES string of the molecule is COc1cc(F)ccc1CCc1ccc(-c2ccncc2)c2nncn12. The van der Waals surface area contributed by atoms with Gasteiger partial charge in [-0.1, -0.05) is 6.07 Å². The number of ether oxygens (including phenoxy) is 1. The molecule has 0 N–H and O–H groups in total. The van der Waals surface area contributed by atoms with E-state index >= 15 is 0 Å². The maximum atomic E-state index is 13.4. The summed E-state index contributed by atoms with van der Waals surface area (Å²) in [6, 6.07) is 12.7. The third-order valence-corrected chi connectivity index (χ3v) is 4.43. The third-order valence-electron chi connectivity index (χ3n) is 4.43. The molecule has 130 valence electrons. The van der Waals surface area contributed by atoms with Gasteiger partial charge in [-0.25, -0.2) is 4.39 Å². The van der Waals surface area contributed by atoms with Gasteiger partial charge in [-0.2, -0.15) is 0 Å². The highest BCUT2D eigenvalue weighted by Gasteiger charge is 2.11. The zero-order valence-corrected chi connectivity index (χ0v) is 14.3. The van der Waals surface area contributed by atoms with Crippen molar-refractivity contribution in [3.8, 4) is 16.9 Å². The van der Waals surface area contributed by atoms with Gasteiger partial charge in [0, 0.05) is 29.7 Å². The second kappa shape index (κ2) is 6.92. The van der Waals surface area contributed by atoms with Crippen LogP contribution in [0.1, 0.15) is 11.3 Å². The van der Waals surface area contributed by atoms with Gasteiger partial charge in [-0.15, -0.1) is 10.2 Å². The maximum absolute atomic E-state index is 13.4. The van der Waals surface area contributed by atoms with E-state index in [1.807, 2.05) is 16.5 Å². The normalized spacial score (nSPS) is 11.0. The van der Waals surface area contributed by atoms with Gasteiger partial charge in [0.05, 0.1) is 7.11 Å². The van der Waals surface area contributed by atoms with Crippen molar-refractivity contribution in [2.75, 3.05) is 7.11 Å². The van der Waals surface area contributed by atoms with Crippen molar-refractivity contribution in [3.63, 3.8) is 0 Å². The molecule has 3 aromatic heterocycles. The molecule has 0 atom stereocenters. The minimum absolute atomic E-state index is 0.298. The van der Waals surface area contributed by atoms with Crippen LogP contribution >= 0.6 is 0 Å². The Hall–Kier alpha value is -3.28. The van der Waals surface area contributed by atoms with Crippen LogP contribution in [0.25, 0.3) is 16.8 Å². The molecule has 1 aromatic carbocycles. The van der Waals surface area contributed by atoms with Crippen LogP contribution in [-0.2, 0) is 12.8 Å². The van der Waals surface area contributed by atoms with Crippen molar-refractivity contribution in [2.24, 2.45) is 0 Å². The van der Waals surface area contributed by atoms with Gasteiger partial charge in [-0.3, -0.25) is 9.38 Å². The van der Waals surface area contributed by atoms with Gasteiger partial charge < -0.3 is 4.74 Å². The van der Waals surface area contributed by atoms with Crippen molar-refractivity contribution in [2.45, 2.75) is 12.8 Å². The lowest BCUT2D eigenvalue weighted by Crippen LogP contribution is -2.02. The molecule has 0 unspecified atom stereocenters. The molecule has 0 saturated heterocycles. The molecule has 0 aliphatic heterocycles. The molecule has 0 radical (unpaired) electrons. The number of fused-ring (bicyclic) bond motifs is 1. The molecule has 4 aromatic rings. The molecular formula is C20H17FN4O. The minimum Gasteiger partial charge on any atom is -0.496 e. The molecule has 0 fully saturated rings. The van der Waals surface area contributed by atoms with E-state index in [1.165, 1.54) is 12.1 Å². The maximum Gasteiger partial charge on any atom is 0.168 e. The topological polar surface area (TPSA) is 52.3 Å². The van der Waals surface area contributed by atoms with Crippen molar-refractivity contribution in [1.82, 2.24) is 19.6 Å². The Morgan fingerprint density at radius 1 is 1.04 bits per heavy atom. The lowest BCUT2D eigenvalue weighted by atomic mass is 10.0. The first-order valence-electron chi connectivity index (χ1n) is 8.30. The average Bonchev–Trinajstić information content (AvgIpc) is 3.17. The van der Waals surface area contributed by atoms with E-state index in [1.54, 1.807) is 31.9 Å². The zero-order chi connectivity index (χ0) is 17.9. The van der Waals surface area contributed by atoms with Gasteiger partial charge in [0.25, 0.3) is 0 Å². The minimum atomic E-state index is -0.298. The van der Waals surface area contributed by atoms with Crippen molar-refractivity contribution >= 4 is 5.65 Å². The molecule has 4 rings (SSSR count). The van der Waals surface area contributed by atoms with E-state index in [0.29, 0.717) is 5.75 Å². The van der Waals surface area contributed by atoms with E-state index in [9.17, 15) is 4.39 Å². The third kappa shape index (κ3) is 3.01. The van der Waals surface area contributed by atoms with Crippen molar-refractivity contribution < 1.29 is 9.13 Å². The Morgan fingerprint density at radius 3 is 2.69 bits per heavy atom. The summed E-state index contributed by atoms with van der Waals surface area (Å²) in [5.41, 5.74) is 4.90. The van der Waals surface area contributed by atoms with Crippen LogP contribution in [0.15, 0.2) is 61.2 Å². The first kappa shape index (κ1) is 16.2. The summed E-state index contributed by atoms with van der Waals surface area (Å²) in [5.74, 6) is 0.270. The van der Waals surface area contributed by atoms with E-state index < -0.39 is 0 Å². The second-order valence-corrected chi connectivity index (χ2v) is 5.95. The highest BCUT2D eigenvalue weighted by Crippen LogP contribution is 2.25. The first-order valence-corrected chi connectivity index (χ1v) is 8.30. The van der Waals surface area contributed by atoms with Crippen LogP contribution in [0.5, 0.6) is 5.75 Å². The molecule has 5 nitrogen and oxygen atoms in total. The summed E-state index contributed by atoms with van der Waals surface area (Å²) in [6.45, 7) is 0. The second-order valence-electron chi connectivity index (χ2n) is 5.95. The lowest BCUT2D eigenvalue weighted by Gasteiger charge is -2.11. The highest BCUT2D eigenvalue weighted by molar-refractivity contribution is 5.77. The monoisotopic (exact) mass is 348 g/mol. The van der Waals surface area contributed by atoms with Gasteiger partial charge in [0.2, 0.25) is 0 Å². The fourth-order valence-electron chi connectivity index (χ4n) is 3.11. The molecule has 0 saturated carbocycles. The van der Waals surface area contributed by atoms with Crippen LogP contribution in [0.3, 0.4) is 0 Å². The van der Waals surface area contributed by atoms with Crippen LogP contribution in [0.4, 0.5) is 4.39 Å². The summed E-state index contributed by atoms with van der Waals surface area (Å²) >= 11 is 0. The molecule has 3 heterocycles. The lowest BCUT2D eigenvalue weighted by molar-refractivity contribution is 0.406. The summed E-state index contributed by atoms with van der Waals surface area (Å²) in [7, 11) is 1.56. The largest absolute Gasteiger partial charge is 0.496 e. The van der Waals surface area contributed by atoms with Gasteiger partial charge in [0.15, 0.2) is 5.65 Å². The Morgan fingerprint density at radius 2 is 1.88 bits per heavy atom. The van der Waals surface area contributed by atoms with Gasteiger partial charge in [-0.05, 0) is 54.3 Å². The number of benzene rings is 1. The molecule has 26 heavy (non-hydrogen) atoms. The molecule has 0 aliphatic carbocycles. The van der Waals surface area contributed by atoms with Gasteiger partial charge >= 0.3 is 0 Å². The molecular weight excluding hydrogens is 331 g/mol. The van der Waals surface area contributed by atoms with E-state index in [0.717, 1.165) is 40.9 Å². The average molecular weight is 348 g/mol. The number of rotatable bonds is 5. The number of nitrogens with zero attached hydrogens (tertiary/aromatic N) is 4. The van der Waals surface area contributed by atoms with E-state index in [2.05, 4.69) is 27.3 Å². The first-order chi connectivity index (χ1) is 12.8. The number of halogens is 1. The number of hydrogen-bond donors (Lipinski definition) is 0. The predicted octanol–water partition coefficient (Wildman–Crippen LogP) is 3.72. The number of methoxy groups -OCH3 is 1. The zero-order valence-electron chi connectivity index (χ0n) is 14.3. The Balaban J connectivity index is 1.66. The Labute approximate surface area is 150 Å². The summed E-state index contributed by atoms with van der Waals surface area (Å²) in [6.07, 6.45) is 6.73. The Bertz CT molecular complexity index is 1050.